The van der Waals surface area contributed by atoms with E-state index in [1.165, 1.54) is 48.5 Å². The summed E-state index contributed by atoms with van der Waals surface area (Å²) in [6.07, 6.45) is 0. The molecule has 8 rings (SSSR count). The summed E-state index contributed by atoms with van der Waals surface area (Å²) in [5, 5.41) is 73.7. The van der Waals surface area contributed by atoms with E-state index in [1.807, 2.05) is 0 Å². The van der Waals surface area contributed by atoms with Gasteiger partial charge in [-0.2, -0.15) is 10.2 Å². The number of hydrogen-bond donors (Lipinski definition) is 4. The molecule has 0 amide bonds. The third-order valence-corrected chi connectivity index (χ3v) is 16.4. The van der Waals surface area contributed by atoms with Crippen molar-refractivity contribution in [3.63, 3.8) is 0 Å². The fraction of sp³-hybridized carbons (Fsp3) is 0. The van der Waals surface area contributed by atoms with Crippen LogP contribution in [0.3, 0.4) is 0 Å². The van der Waals surface area contributed by atoms with Gasteiger partial charge in [-0.3, -0.25) is 20.2 Å². The number of rotatable bonds is 16. The summed E-state index contributed by atoms with van der Waals surface area (Å²) in [5.74, 6) is -2.17. The summed E-state index contributed by atoms with van der Waals surface area (Å²) in [4.78, 5) is 14.8. The fourth-order valence-electron chi connectivity index (χ4n) is 7.44. The molecule has 0 atom stereocenters. The number of benzene rings is 8. The first kappa shape index (κ1) is 71.7. The van der Waals surface area contributed by atoms with Gasteiger partial charge in [0.15, 0.2) is 11.5 Å². The van der Waals surface area contributed by atoms with Gasteiger partial charge in [0, 0.05) is 46.4 Å². The van der Waals surface area contributed by atoms with E-state index in [0.29, 0.717) is 36.4 Å². The summed E-state index contributed by atoms with van der Waals surface area (Å²) in [6, 6.07) is 19.2. The van der Waals surface area contributed by atoms with Crippen LogP contribution < -0.4 is 130 Å². The maximum Gasteiger partial charge on any atom is 1.00 e. The Kier molecular flexibility index (Phi) is 23.2. The number of phenols is 2. The van der Waals surface area contributed by atoms with Crippen molar-refractivity contribution < 1.29 is 199 Å². The monoisotopic (exact) mass is 1290 g/mol. The number of nitro groups is 2. The molecular weight excluding hydrogens is 1270 g/mol. The van der Waals surface area contributed by atoms with E-state index in [0.717, 1.165) is 36.4 Å². The van der Waals surface area contributed by atoms with Crippen LogP contribution in [-0.4, -0.2) is 80.4 Å². The topological polar surface area (TPSA) is 541 Å². The molecule has 0 heterocycles. The van der Waals surface area contributed by atoms with Crippen molar-refractivity contribution in [1.82, 2.24) is 0 Å². The molecule has 0 aliphatic carbocycles. The molecule has 41 heteroatoms. The van der Waals surface area contributed by atoms with E-state index in [9.17, 15) is 90.7 Å². The minimum absolute atomic E-state index is 0. The average molecular weight is 1300 g/mol. The molecule has 8 aromatic rings. The van der Waals surface area contributed by atoms with Gasteiger partial charge in [0.1, 0.15) is 63.2 Å². The molecule has 416 valence electrons. The zero-order valence-electron chi connectivity index (χ0n) is 43.5. The summed E-state index contributed by atoms with van der Waals surface area (Å²) in [7, 11) is -26.3. The number of anilines is 2. The van der Waals surface area contributed by atoms with Gasteiger partial charge in [-0.15, -0.1) is 30.7 Å². The predicted octanol–water partition coefficient (Wildman–Crippen LogP) is -3.49. The van der Waals surface area contributed by atoms with Crippen molar-refractivity contribution in [1.29, 1.82) is 0 Å². The van der Waals surface area contributed by atoms with Crippen molar-refractivity contribution in [2.45, 2.75) is 29.4 Å². The van der Waals surface area contributed by atoms with Gasteiger partial charge in [0.05, 0.1) is 72.7 Å². The number of azo groups is 4. The largest absolute Gasteiger partial charge is 1.00 e. The minimum atomic E-state index is -5.58. The molecule has 32 nitrogen and oxygen atoms in total. The summed E-state index contributed by atoms with van der Waals surface area (Å²) in [5.41, 5.74) is 5.80. The van der Waals surface area contributed by atoms with E-state index < -0.39 is 125 Å². The van der Waals surface area contributed by atoms with Crippen LogP contribution >= 0.6 is 0 Å². The Hall–Kier alpha value is -5.73. The Labute approximate surface area is 566 Å². The quantitative estimate of drug-likeness (QED) is 0.0182. The van der Waals surface area contributed by atoms with Crippen molar-refractivity contribution in [2.75, 3.05) is 11.5 Å². The second-order valence-corrected chi connectivity index (χ2v) is 23.6. The second kappa shape index (κ2) is 27.5. The van der Waals surface area contributed by atoms with Gasteiger partial charge in [-0.25, -0.2) is 42.1 Å². The fourth-order valence-corrected chi connectivity index (χ4v) is 11.2. The van der Waals surface area contributed by atoms with Gasteiger partial charge in [-0.05, 0) is 97.1 Å². The zero-order chi connectivity index (χ0) is 59.3. The SMILES string of the molecule is Nc1ccc(N=Nc2ccc(S(=O)(=O)c3ccc(N=Nc4ccc(N)c5c(O)c(N=Nc6ccc([N+](=O)[O-])cc6S(=O)(=O)[O-])c(S(=O)(=O)[O-])cc45)cc3)cc2)c2cc(S(=O)(=O)[O-])c(N=Nc3ccc([N+](=O)[O-])cc3S(=O)(=O)[O-])c(O)c12.[Na+].[Na+].[Na+].[Na+]. The summed E-state index contributed by atoms with van der Waals surface area (Å²) >= 11 is 0. The number of nitrogens with zero attached hydrogens (tertiary/aromatic N) is 10. The second-order valence-electron chi connectivity index (χ2n) is 16.3. The minimum Gasteiger partial charge on any atom is -0.744 e. The number of phenolic OH excluding ortho intramolecular Hbond substituents is 2. The van der Waals surface area contributed by atoms with Crippen molar-refractivity contribution >= 4 is 140 Å². The molecule has 0 radical (unpaired) electrons. The van der Waals surface area contributed by atoms with Gasteiger partial charge >= 0.3 is 118 Å². The Morgan fingerprint density at radius 2 is 0.671 bits per heavy atom. The molecule has 8 aromatic carbocycles. The van der Waals surface area contributed by atoms with Crippen LogP contribution in [0.4, 0.5) is 68.2 Å². The van der Waals surface area contributed by atoms with Crippen molar-refractivity contribution in [3.05, 3.63) is 142 Å². The van der Waals surface area contributed by atoms with E-state index in [1.54, 1.807) is 0 Å². The predicted molar refractivity (Wildman–Crippen MR) is 273 cm³/mol. The molecule has 0 saturated heterocycles. The Bertz CT molecular complexity index is 4490. The van der Waals surface area contributed by atoms with Crippen LogP contribution in [0, 0.1) is 20.2 Å². The molecule has 0 fully saturated rings. The maximum absolute atomic E-state index is 13.7. The smallest absolute Gasteiger partial charge is 0.744 e. The number of nitrogens with two attached hydrogens (primary N) is 2. The molecule has 0 spiro atoms. The van der Waals surface area contributed by atoms with E-state index >= 15 is 0 Å². The van der Waals surface area contributed by atoms with Crippen LogP contribution in [0.25, 0.3) is 21.5 Å². The first-order valence-corrected chi connectivity index (χ1v) is 28.6. The van der Waals surface area contributed by atoms with Crippen LogP contribution in [0.15, 0.2) is 192 Å². The summed E-state index contributed by atoms with van der Waals surface area (Å²) < 4.78 is 174. The molecule has 0 aliphatic heterocycles. The van der Waals surface area contributed by atoms with Gasteiger partial charge in [0.2, 0.25) is 9.84 Å². The number of nitro benzene ring substituents is 2. The number of aromatic hydroxyl groups is 2. The van der Waals surface area contributed by atoms with Gasteiger partial charge in [0.25, 0.3) is 11.4 Å². The van der Waals surface area contributed by atoms with Crippen molar-refractivity contribution in [3.8, 4) is 11.5 Å². The van der Waals surface area contributed by atoms with Crippen LogP contribution in [0.5, 0.6) is 11.5 Å². The van der Waals surface area contributed by atoms with Gasteiger partial charge < -0.3 is 39.9 Å². The van der Waals surface area contributed by atoms with Crippen molar-refractivity contribution in [2.24, 2.45) is 40.9 Å². The third kappa shape index (κ3) is 15.7. The summed E-state index contributed by atoms with van der Waals surface area (Å²) in [6.45, 7) is 0. The standard InChI is InChI=1S/C44H30N12O20S5.4Na/c45-29-11-15-31(27-19-37(80(71,72)73)41(43(57)39(27)29)53-51-33-13-5-23(55(59)60)17-35(33)78(65,66)67)49-47-21-1-7-25(8-2-21)77(63,64)26-9-3-22(4-10-26)48-50-32-16-12-30(46)40-28(32)20-38(81(74,75)76)42(44(40)58)54-52-34-14-6-24(56(61)62)18-36(34)79(68,69)70;;;;/h1-20,57-58H,45-46H2,(H,65,66,67)(H,68,69,70)(H,71,72,73)(H,74,75,76);;;;/q;4*+1/p-4. The number of sulfone groups is 1. The Balaban J connectivity index is 0.00000387. The molecule has 0 aromatic heterocycles. The molecular formula is C44H26N12Na4O20S5. The first-order valence-electron chi connectivity index (χ1n) is 21.4. The normalized spacial score (nSPS) is 12.3. The Morgan fingerprint density at radius 1 is 0.376 bits per heavy atom. The van der Waals surface area contributed by atoms with Gasteiger partial charge in [-0.1, -0.05) is 0 Å². The molecule has 0 aliphatic rings. The third-order valence-electron chi connectivity index (χ3n) is 11.2. The molecule has 0 saturated carbocycles. The average Bonchev–Trinajstić information content (AvgIpc) is 1.33. The number of fused-ring (bicyclic) bond motifs is 2. The van der Waals surface area contributed by atoms with Crippen LogP contribution in [0.1, 0.15) is 0 Å². The molecule has 0 unspecified atom stereocenters. The Morgan fingerprint density at radius 3 is 0.965 bits per heavy atom. The number of hydrogen-bond acceptors (Lipinski definition) is 30. The molecule has 85 heavy (non-hydrogen) atoms. The number of nitrogen functional groups attached to an aromatic ring is 2. The van der Waals surface area contributed by atoms with E-state index in [4.69, 9.17) is 11.5 Å². The first-order chi connectivity index (χ1) is 37.7. The van der Waals surface area contributed by atoms with E-state index in [-0.39, 0.29) is 184 Å². The zero-order valence-corrected chi connectivity index (χ0v) is 55.5. The van der Waals surface area contributed by atoms with E-state index in [2.05, 4.69) is 40.9 Å². The van der Waals surface area contributed by atoms with Crippen LogP contribution in [-0.2, 0) is 50.3 Å². The maximum atomic E-state index is 13.7. The number of non-ortho nitro benzene ring substituents is 2. The van der Waals surface area contributed by atoms with Crippen LogP contribution in [0.2, 0.25) is 0 Å². The molecule has 6 N–H and O–H groups in total. The molecule has 0 bridgehead atoms.